The topological polar surface area (TPSA) is 28.7 Å². The van der Waals surface area contributed by atoms with Crippen molar-refractivity contribution in [2.24, 2.45) is 0 Å². The monoisotopic (exact) mass is 202 g/mol. The Morgan fingerprint density at radius 1 is 1.21 bits per heavy atom. The predicted molar refractivity (Wildman–Crippen MR) is 59.6 cm³/mol. The summed E-state index contributed by atoms with van der Waals surface area (Å²) in [4.78, 5) is 7.14. The zero-order valence-corrected chi connectivity index (χ0v) is 8.64. The number of hydrogen-bond donors (Lipinski definition) is 1. The molecule has 0 atom stereocenters. The minimum Gasteiger partial charge on any atom is -0.346 e. The molecule has 2 rings (SSSR count). The summed E-state index contributed by atoms with van der Waals surface area (Å²) in [5.41, 5.74) is 3.21. The van der Waals surface area contributed by atoms with Crippen molar-refractivity contribution in [3.63, 3.8) is 0 Å². The molecular weight excluding hydrogens is 192 g/mol. The first-order valence-electron chi connectivity index (χ1n) is 4.39. The van der Waals surface area contributed by atoms with Gasteiger partial charge in [-0.25, -0.2) is 4.98 Å². The fourth-order valence-electron chi connectivity index (χ4n) is 1.37. The van der Waals surface area contributed by atoms with Gasteiger partial charge in [0.05, 0.1) is 12.0 Å². The maximum atomic E-state index is 5.11. The van der Waals surface area contributed by atoms with E-state index >= 15 is 0 Å². The lowest BCUT2D eigenvalue weighted by Gasteiger charge is -2.04. The van der Waals surface area contributed by atoms with E-state index < -0.39 is 0 Å². The first-order chi connectivity index (χ1) is 6.79. The second-order valence-electron chi connectivity index (χ2n) is 3.07. The van der Waals surface area contributed by atoms with E-state index in [9.17, 15) is 0 Å². The van der Waals surface area contributed by atoms with Crippen molar-refractivity contribution in [2.75, 3.05) is 0 Å². The van der Waals surface area contributed by atoms with Gasteiger partial charge in [0.2, 0.25) is 0 Å². The minimum absolute atomic E-state index is 0.655. The number of aromatic nitrogens is 2. The molecule has 1 aromatic heterocycles. The molecule has 0 saturated heterocycles. The second-order valence-corrected chi connectivity index (χ2v) is 3.46. The van der Waals surface area contributed by atoms with Crippen LogP contribution in [0.2, 0.25) is 0 Å². The molecule has 2 nitrogen and oxygen atoms in total. The molecule has 0 aliphatic carbocycles. The summed E-state index contributed by atoms with van der Waals surface area (Å²) in [5.74, 6) is 0. The summed E-state index contributed by atoms with van der Waals surface area (Å²) in [6.45, 7) is 1.98. The van der Waals surface area contributed by atoms with Crippen molar-refractivity contribution in [1.29, 1.82) is 0 Å². The van der Waals surface area contributed by atoms with Crippen LogP contribution in [0, 0.1) is 11.6 Å². The fourth-order valence-corrected chi connectivity index (χ4v) is 1.53. The van der Waals surface area contributed by atoms with Crippen LogP contribution in [0.5, 0.6) is 0 Å². The summed E-state index contributed by atoms with van der Waals surface area (Å²) in [6.07, 6.45) is 1.64. The van der Waals surface area contributed by atoms with E-state index in [1.807, 2.05) is 37.3 Å². The summed E-state index contributed by atoms with van der Waals surface area (Å²) in [6, 6.07) is 10.1. The SMILES string of the molecule is Cc1c(-c2ccccc2)[nH]cnc1=S. The third-order valence-corrected chi connectivity index (χ3v) is 2.56. The van der Waals surface area contributed by atoms with Crippen LogP contribution in [0.3, 0.4) is 0 Å². The highest BCUT2D eigenvalue weighted by molar-refractivity contribution is 7.71. The number of H-pyrrole nitrogens is 1. The Balaban J connectivity index is 2.64. The van der Waals surface area contributed by atoms with E-state index in [1.54, 1.807) is 6.33 Å². The lowest BCUT2D eigenvalue weighted by molar-refractivity contribution is 1.12. The summed E-state index contributed by atoms with van der Waals surface area (Å²) in [7, 11) is 0. The number of aromatic amines is 1. The third-order valence-electron chi connectivity index (χ3n) is 2.15. The first kappa shape index (κ1) is 9.09. The Hall–Kier alpha value is -1.48. The van der Waals surface area contributed by atoms with Gasteiger partial charge in [-0.3, -0.25) is 0 Å². The largest absolute Gasteiger partial charge is 0.346 e. The lowest BCUT2D eigenvalue weighted by Crippen LogP contribution is -1.90. The van der Waals surface area contributed by atoms with Crippen LogP contribution >= 0.6 is 12.2 Å². The quantitative estimate of drug-likeness (QED) is 0.720. The van der Waals surface area contributed by atoms with E-state index in [0.717, 1.165) is 16.8 Å². The zero-order valence-electron chi connectivity index (χ0n) is 7.82. The smallest absolute Gasteiger partial charge is 0.132 e. The van der Waals surface area contributed by atoms with Gasteiger partial charge in [0.15, 0.2) is 0 Å². The molecule has 0 bridgehead atoms. The molecule has 14 heavy (non-hydrogen) atoms. The fraction of sp³-hybridized carbons (Fsp3) is 0.0909. The molecule has 1 N–H and O–H groups in total. The molecule has 0 radical (unpaired) electrons. The standard InChI is InChI=1S/C11H10N2S/c1-8-10(12-7-13-11(8)14)9-5-3-2-4-6-9/h2-7H,1H3,(H,12,13,14). The van der Waals surface area contributed by atoms with Crippen molar-refractivity contribution in [2.45, 2.75) is 6.92 Å². The van der Waals surface area contributed by atoms with Crippen LogP contribution in [-0.4, -0.2) is 9.97 Å². The summed E-state index contributed by atoms with van der Waals surface area (Å²) in [5, 5.41) is 0. The maximum absolute atomic E-state index is 5.11. The Kier molecular flexibility index (Phi) is 2.41. The average Bonchev–Trinajstić information content (AvgIpc) is 2.23. The molecule has 0 saturated carbocycles. The Labute approximate surface area is 87.7 Å². The van der Waals surface area contributed by atoms with Gasteiger partial charge in [-0.1, -0.05) is 42.5 Å². The molecule has 0 spiro atoms. The molecule has 0 fully saturated rings. The van der Waals surface area contributed by atoms with E-state index in [1.165, 1.54) is 0 Å². The molecule has 1 heterocycles. The molecule has 2 aromatic rings. The van der Waals surface area contributed by atoms with Gasteiger partial charge in [0.1, 0.15) is 4.64 Å². The number of nitrogens with one attached hydrogen (secondary N) is 1. The molecule has 1 aromatic carbocycles. The number of rotatable bonds is 1. The van der Waals surface area contributed by atoms with E-state index in [-0.39, 0.29) is 0 Å². The van der Waals surface area contributed by atoms with Crippen LogP contribution in [0.15, 0.2) is 36.7 Å². The van der Waals surface area contributed by atoms with Crippen LogP contribution in [0.1, 0.15) is 5.56 Å². The number of nitrogens with zero attached hydrogens (tertiary/aromatic N) is 1. The average molecular weight is 202 g/mol. The first-order valence-corrected chi connectivity index (χ1v) is 4.79. The number of benzene rings is 1. The van der Waals surface area contributed by atoms with Crippen LogP contribution in [0.4, 0.5) is 0 Å². The second kappa shape index (κ2) is 3.72. The zero-order chi connectivity index (χ0) is 9.97. The van der Waals surface area contributed by atoms with Gasteiger partial charge in [0.25, 0.3) is 0 Å². The van der Waals surface area contributed by atoms with E-state index in [2.05, 4.69) is 9.97 Å². The van der Waals surface area contributed by atoms with Crippen molar-refractivity contribution < 1.29 is 0 Å². The third kappa shape index (κ3) is 1.59. The van der Waals surface area contributed by atoms with E-state index in [4.69, 9.17) is 12.2 Å². The molecule has 0 unspecified atom stereocenters. The van der Waals surface area contributed by atoms with Crippen molar-refractivity contribution in [3.8, 4) is 11.3 Å². The van der Waals surface area contributed by atoms with Crippen LogP contribution in [-0.2, 0) is 0 Å². The Morgan fingerprint density at radius 3 is 2.64 bits per heavy atom. The number of hydrogen-bond acceptors (Lipinski definition) is 2. The molecule has 0 aliphatic heterocycles. The van der Waals surface area contributed by atoms with Gasteiger partial charge in [0, 0.05) is 5.56 Å². The minimum atomic E-state index is 0.655. The normalized spacial score (nSPS) is 10.1. The molecule has 0 amide bonds. The van der Waals surface area contributed by atoms with E-state index in [0.29, 0.717) is 4.64 Å². The van der Waals surface area contributed by atoms with Gasteiger partial charge in [-0.2, -0.15) is 0 Å². The Bertz CT molecular complexity index is 488. The van der Waals surface area contributed by atoms with Crippen LogP contribution in [0.25, 0.3) is 11.3 Å². The highest BCUT2D eigenvalue weighted by Crippen LogP contribution is 2.19. The van der Waals surface area contributed by atoms with Crippen LogP contribution < -0.4 is 0 Å². The lowest BCUT2D eigenvalue weighted by atomic mass is 10.1. The highest BCUT2D eigenvalue weighted by Gasteiger charge is 2.01. The highest BCUT2D eigenvalue weighted by atomic mass is 32.1. The summed E-state index contributed by atoms with van der Waals surface area (Å²) < 4.78 is 0.655. The van der Waals surface area contributed by atoms with Crippen molar-refractivity contribution in [3.05, 3.63) is 46.9 Å². The predicted octanol–water partition coefficient (Wildman–Crippen LogP) is 3.11. The molecule has 3 heteroatoms. The van der Waals surface area contributed by atoms with Crippen molar-refractivity contribution in [1.82, 2.24) is 9.97 Å². The molecule has 0 aliphatic rings. The van der Waals surface area contributed by atoms with Gasteiger partial charge in [-0.05, 0) is 12.5 Å². The molecule has 70 valence electrons. The van der Waals surface area contributed by atoms with Gasteiger partial charge in [-0.15, -0.1) is 0 Å². The molecular formula is C11H10N2S. The van der Waals surface area contributed by atoms with Gasteiger partial charge < -0.3 is 4.98 Å². The summed E-state index contributed by atoms with van der Waals surface area (Å²) >= 11 is 5.11. The van der Waals surface area contributed by atoms with Gasteiger partial charge >= 0.3 is 0 Å². The maximum Gasteiger partial charge on any atom is 0.132 e. The van der Waals surface area contributed by atoms with Crippen molar-refractivity contribution >= 4 is 12.2 Å². The Morgan fingerprint density at radius 2 is 1.93 bits per heavy atom.